The van der Waals surface area contributed by atoms with E-state index in [2.05, 4.69) is 15.5 Å². The molecule has 1 atom stereocenters. The Balaban J connectivity index is 2.41. The average molecular weight is 296 g/mol. The highest BCUT2D eigenvalue weighted by Gasteiger charge is 2.25. The molecule has 8 heteroatoms. The molecule has 0 amide bonds. The van der Waals surface area contributed by atoms with Crippen molar-refractivity contribution in [1.29, 1.82) is 0 Å². The molecule has 0 bridgehead atoms. The monoisotopic (exact) mass is 296 g/mol. The lowest BCUT2D eigenvalue weighted by Crippen LogP contribution is -2.22. The number of nitrogens with zero attached hydrogens (tertiary/aromatic N) is 4. The van der Waals surface area contributed by atoms with E-state index in [1.54, 1.807) is 12.1 Å². The fraction of sp³-hybridized carbons (Fsp3) is 0.333. The summed E-state index contributed by atoms with van der Waals surface area (Å²) in [5, 5.41) is 20.2. The van der Waals surface area contributed by atoms with Crippen LogP contribution >= 0.6 is 11.8 Å². The standard InChI is InChI=1S/C12H13FN4O2S/c1-20-7-6-10(12(18)19)17-11(14-15-16-17)8-4-2-3-5-9(8)13/h2-5,10H,6-7H2,1H3,(H,18,19). The summed E-state index contributed by atoms with van der Waals surface area (Å²) in [4.78, 5) is 11.4. The van der Waals surface area contributed by atoms with E-state index in [0.29, 0.717) is 12.2 Å². The van der Waals surface area contributed by atoms with Crippen LogP contribution < -0.4 is 0 Å². The van der Waals surface area contributed by atoms with Gasteiger partial charge in [-0.25, -0.2) is 13.9 Å². The molecule has 0 aliphatic rings. The third-order valence-electron chi connectivity index (χ3n) is 2.78. The number of tetrazole rings is 1. The normalized spacial score (nSPS) is 12.3. The zero-order chi connectivity index (χ0) is 14.5. The molecule has 106 valence electrons. The quantitative estimate of drug-likeness (QED) is 0.876. The molecule has 1 heterocycles. The highest BCUT2D eigenvalue weighted by molar-refractivity contribution is 7.98. The number of benzene rings is 1. The molecule has 0 radical (unpaired) electrons. The summed E-state index contributed by atoms with van der Waals surface area (Å²) >= 11 is 1.53. The molecule has 1 N–H and O–H groups in total. The third kappa shape index (κ3) is 2.96. The van der Waals surface area contributed by atoms with Crippen LogP contribution in [0.3, 0.4) is 0 Å². The second-order valence-electron chi connectivity index (χ2n) is 4.06. The molecule has 0 fully saturated rings. The maximum absolute atomic E-state index is 13.8. The van der Waals surface area contributed by atoms with Crippen molar-refractivity contribution in [3.63, 3.8) is 0 Å². The maximum atomic E-state index is 13.8. The van der Waals surface area contributed by atoms with Gasteiger partial charge in [0.1, 0.15) is 5.82 Å². The Kier molecular flexibility index (Phi) is 4.67. The summed E-state index contributed by atoms with van der Waals surface area (Å²) < 4.78 is 15.0. The topological polar surface area (TPSA) is 80.9 Å². The summed E-state index contributed by atoms with van der Waals surface area (Å²) in [5.74, 6) is -0.758. The molecule has 1 aromatic heterocycles. The first-order chi connectivity index (χ1) is 9.65. The van der Waals surface area contributed by atoms with Crippen LogP contribution in [0.5, 0.6) is 0 Å². The molecule has 1 aromatic carbocycles. The van der Waals surface area contributed by atoms with Gasteiger partial charge in [0.25, 0.3) is 0 Å². The van der Waals surface area contributed by atoms with Crippen molar-refractivity contribution in [2.24, 2.45) is 0 Å². The number of thioether (sulfide) groups is 1. The first kappa shape index (κ1) is 14.4. The number of hydrogen-bond donors (Lipinski definition) is 1. The van der Waals surface area contributed by atoms with Gasteiger partial charge in [0.05, 0.1) is 5.56 Å². The number of aromatic nitrogens is 4. The first-order valence-electron chi connectivity index (χ1n) is 5.89. The lowest BCUT2D eigenvalue weighted by Gasteiger charge is -2.13. The molecule has 1 unspecified atom stereocenters. The van der Waals surface area contributed by atoms with E-state index in [4.69, 9.17) is 0 Å². The molecule has 6 nitrogen and oxygen atoms in total. The van der Waals surface area contributed by atoms with Gasteiger partial charge in [-0.1, -0.05) is 12.1 Å². The van der Waals surface area contributed by atoms with Crippen LogP contribution in [0.15, 0.2) is 24.3 Å². The summed E-state index contributed by atoms with van der Waals surface area (Å²) in [6.45, 7) is 0. The van der Waals surface area contributed by atoms with Gasteiger partial charge in [0.15, 0.2) is 11.9 Å². The fourth-order valence-electron chi connectivity index (χ4n) is 1.80. The van der Waals surface area contributed by atoms with Crippen molar-refractivity contribution < 1.29 is 14.3 Å². The Labute approximate surface area is 119 Å². The minimum atomic E-state index is -1.04. The second kappa shape index (κ2) is 6.47. The fourth-order valence-corrected chi connectivity index (χ4v) is 2.26. The van der Waals surface area contributed by atoms with Gasteiger partial charge in [0.2, 0.25) is 0 Å². The molecule has 0 spiro atoms. The van der Waals surface area contributed by atoms with Crippen molar-refractivity contribution in [2.75, 3.05) is 12.0 Å². The number of halogens is 1. The summed E-state index contributed by atoms with van der Waals surface area (Å²) in [5.41, 5.74) is 0.188. The van der Waals surface area contributed by atoms with Gasteiger partial charge in [0, 0.05) is 0 Å². The smallest absolute Gasteiger partial charge is 0.328 e. The Bertz CT molecular complexity index is 605. The highest BCUT2D eigenvalue weighted by Crippen LogP contribution is 2.24. The van der Waals surface area contributed by atoms with Crippen LogP contribution in [0, 0.1) is 5.82 Å². The van der Waals surface area contributed by atoms with E-state index in [1.807, 2.05) is 6.26 Å². The second-order valence-corrected chi connectivity index (χ2v) is 5.05. The number of carboxylic acids is 1. The van der Waals surface area contributed by atoms with Gasteiger partial charge in [-0.05, 0) is 41.0 Å². The number of carbonyl (C=O) groups is 1. The van der Waals surface area contributed by atoms with Crippen LogP contribution in [0.1, 0.15) is 12.5 Å². The van der Waals surface area contributed by atoms with Crippen LogP contribution in [-0.4, -0.2) is 43.3 Å². The van der Waals surface area contributed by atoms with E-state index in [-0.39, 0.29) is 11.4 Å². The van der Waals surface area contributed by atoms with Crippen LogP contribution in [0.25, 0.3) is 11.4 Å². The van der Waals surface area contributed by atoms with Crippen molar-refractivity contribution in [1.82, 2.24) is 20.2 Å². The largest absolute Gasteiger partial charge is 0.480 e. The lowest BCUT2D eigenvalue weighted by atomic mass is 10.1. The average Bonchev–Trinajstić information content (AvgIpc) is 2.88. The van der Waals surface area contributed by atoms with Gasteiger partial charge in [-0.3, -0.25) is 0 Å². The van der Waals surface area contributed by atoms with Crippen molar-refractivity contribution in [3.8, 4) is 11.4 Å². The molecule has 0 aliphatic heterocycles. The van der Waals surface area contributed by atoms with Gasteiger partial charge >= 0.3 is 5.97 Å². The Morgan fingerprint density at radius 1 is 1.50 bits per heavy atom. The Morgan fingerprint density at radius 3 is 2.90 bits per heavy atom. The molecule has 2 aromatic rings. The lowest BCUT2D eigenvalue weighted by molar-refractivity contribution is -0.141. The molecule has 2 rings (SSSR count). The van der Waals surface area contributed by atoms with Gasteiger partial charge < -0.3 is 5.11 Å². The zero-order valence-corrected chi connectivity index (χ0v) is 11.5. The predicted octanol–water partition coefficient (Wildman–Crippen LogP) is 1.86. The Morgan fingerprint density at radius 2 is 2.25 bits per heavy atom. The molecular formula is C12H13FN4O2S. The Hall–Kier alpha value is -1.96. The molecule has 0 aliphatic carbocycles. The van der Waals surface area contributed by atoms with Gasteiger partial charge in [-0.2, -0.15) is 11.8 Å². The number of aliphatic carboxylic acids is 1. The number of rotatable bonds is 6. The van der Waals surface area contributed by atoms with Crippen LogP contribution in [-0.2, 0) is 4.79 Å². The van der Waals surface area contributed by atoms with Gasteiger partial charge in [-0.15, -0.1) is 5.10 Å². The van der Waals surface area contributed by atoms with E-state index in [9.17, 15) is 14.3 Å². The van der Waals surface area contributed by atoms with E-state index in [0.717, 1.165) is 4.68 Å². The summed E-state index contributed by atoms with van der Waals surface area (Å²) in [7, 11) is 0. The van der Waals surface area contributed by atoms with E-state index < -0.39 is 17.8 Å². The zero-order valence-electron chi connectivity index (χ0n) is 10.7. The first-order valence-corrected chi connectivity index (χ1v) is 7.29. The third-order valence-corrected chi connectivity index (χ3v) is 3.43. The molecule has 0 saturated carbocycles. The van der Waals surface area contributed by atoms with Crippen LogP contribution in [0.2, 0.25) is 0 Å². The van der Waals surface area contributed by atoms with Crippen molar-refractivity contribution in [2.45, 2.75) is 12.5 Å². The summed E-state index contributed by atoms with van der Waals surface area (Å²) in [6, 6.07) is 5.09. The highest BCUT2D eigenvalue weighted by atomic mass is 32.2. The van der Waals surface area contributed by atoms with E-state index >= 15 is 0 Å². The molecule has 0 saturated heterocycles. The molecular weight excluding hydrogens is 283 g/mol. The van der Waals surface area contributed by atoms with Crippen molar-refractivity contribution in [3.05, 3.63) is 30.1 Å². The SMILES string of the molecule is CSCCC(C(=O)O)n1nnnc1-c1ccccc1F. The number of hydrogen-bond acceptors (Lipinski definition) is 5. The van der Waals surface area contributed by atoms with Crippen molar-refractivity contribution >= 4 is 17.7 Å². The minimum Gasteiger partial charge on any atom is -0.480 e. The minimum absolute atomic E-state index is 0.122. The summed E-state index contributed by atoms with van der Waals surface area (Å²) in [6.07, 6.45) is 2.25. The maximum Gasteiger partial charge on any atom is 0.328 e. The van der Waals surface area contributed by atoms with Crippen LogP contribution in [0.4, 0.5) is 4.39 Å². The predicted molar refractivity (Wildman–Crippen MR) is 72.9 cm³/mol. The number of carboxylic acid groups (broad SMARTS) is 1. The molecule has 20 heavy (non-hydrogen) atoms. The van der Waals surface area contributed by atoms with E-state index in [1.165, 1.54) is 23.9 Å².